The van der Waals surface area contributed by atoms with Gasteiger partial charge >= 0.3 is 6.18 Å². The fourth-order valence-corrected chi connectivity index (χ4v) is 2.87. The molecule has 2 heterocycles. The van der Waals surface area contributed by atoms with Crippen LogP contribution in [0.5, 0.6) is 0 Å². The van der Waals surface area contributed by atoms with Gasteiger partial charge in [0.25, 0.3) is 5.91 Å². The molecule has 0 spiro atoms. The molecule has 156 valence electrons. The van der Waals surface area contributed by atoms with Crippen molar-refractivity contribution in [1.29, 1.82) is 0 Å². The minimum Gasteiger partial charge on any atom is -0.383 e. The maximum atomic E-state index is 13.6. The Balaban J connectivity index is 2.08. The number of halogens is 4. The average Bonchev–Trinajstić information content (AvgIpc) is 2.71. The number of hydrogen-bond donors (Lipinski definition) is 2. The molecule has 30 heavy (non-hydrogen) atoms. The first-order valence-corrected chi connectivity index (χ1v) is 8.77. The van der Waals surface area contributed by atoms with Gasteiger partial charge in [-0.1, -0.05) is 24.3 Å². The molecule has 1 amide bonds. The van der Waals surface area contributed by atoms with E-state index in [0.29, 0.717) is 11.4 Å². The molecule has 3 rings (SSSR count). The van der Waals surface area contributed by atoms with E-state index < -0.39 is 36.1 Å². The molecular formula is C20H17F4N5O. The second-order valence-electron chi connectivity index (χ2n) is 6.43. The Bertz CT molecular complexity index is 1050. The Morgan fingerprint density at radius 2 is 1.87 bits per heavy atom. The number of amides is 1. The number of nitrogens with two attached hydrogens (primary N) is 1. The molecule has 0 unspecified atom stereocenters. The van der Waals surface area contributed by atoms with E-state index in [1.54, 1.807) is 6.92 Å². The van der Waals surface area contributed by atoms with Gasteiger partial charge in [-0.05, 0) is 30.2 Å². The Hall–Kier alpha value is -3.56. The van der Waals surface area contributed by atoms with Gasteiger partial charge in [-0.15, -0.1) is 0 Å². The predicted molar refractivity (Wildman–Crippen MR) is 101 cm³/mol. The fourth-order valence-electron chi connectivity index (χ4n) is 2.87. The monoisotopic (exact) mass is 419 g/mol. The molecule has 0 saturated carbocycles. The van der Waals surface area contributed by atoms with E-state index in [-0.39, 0.29) is 16.9 Å². The summed E-state index contributed by atoms with van der Waals surface area (Å²) >= 11 is 0. The number of carbonyl (C=O) groups is 1. The minimum atomic E-state index is -4.70. The summed E-state index contributed by atoms with van der Waals surface area (Å²) in [5.41, 5.74) is 4.90. The van der Waals surface area contributed by atoms with Gasteiger partial charge in [0.1, 0.15) is 18.3 Å². The first-order valence-electron chi connectivity index (χ1n) is 8.77. The second-order valence-corrected chi connectivity index (χ2v) is 6.43. The van der Waals surface area contributed by atoms with Crippen molar-refractivity contribution in [2.75, 3.05) is 5.73 Å². The highest BCUT2D eigenvalue weighted by Crippen LogP contribution is 2.35. The van der Waals surface area contributed by atoms with E-state index in [4.69, 9.17) is 5.73 Å². The van der Waals surface area contributed by atoms with Gasteiger partial charge < -0.3 is 11.1 Å². The number of aryl methyl sites for hydroxylation is 1. The van der Waals surface area contributed by atoms with Crippen LogP contribution in [0.4, 0.5) is 23.4 Å². The van der Waals surface area contributed by atoms with Crippen molar-refractivity contribution in [3.05, 3.63) is 82.6 Å². The number of rotatable bonds is 5. The highest BCUT2D eigenvalue weighted by Gasteiger charge is 2.37. The third-order valence-electron chi connectivity index (χ3n) is 4.34. The molecule has 3 N–H and O–H groups in total. The van der Waals surface area contributed by atoms with Crippen molar-refractivity contribution < 1.29 is 22.4 Å². The number of pyridine rings is 1. The lowest BCUT2D eigenvalue weighted by atomic mass is 9.97. The van der Waals surface area contributed by atoms with Gasteiger partial charge in [0.2, 0.25) is 0 Å². The molecule has 6 nitrogen and oxygen atoms in total. The Labute approximate surface area is 169 Å². The molecule has 3 aromatic rings. The highest BCUT2D eigenvalue weighted by molar-refractivity contribution is 5.98. The molecule has 1 atom stereocenters. The quantitative estimate of drug-likeness (QED) is 0.614. The van der Waals surface area contributed by atoms with Gasteiger partial charge in [0.15, 0.2) is 0 Å². The summed E-state index contributed by atoms with van der Waals surface area (Å²) in [5.74, 6) is -0.541. The van der Waals surface area contributed by atoms with Gasteiger partial charge in [-0.2, -0.15) is 13.2 Å². The first kappa shape index (κ1) is 21.2. The number of alkyl halides is 4. The van der Waals surface area contributed by atoms with Crippen LogP contribution in [-0.4, -0.2) is 20.9 Å². The lowest BCUT2D eigenvalue weighted by molar-refractivity contribution is -0.138. The van der Waals surface area contributed by atoms with E-state index >= 15 is 0 Å². The second kappa shape index (κ2) is 8.44. The number of hydrogen-bond acceptors (Lipinski definition) is 5. The van der Waals surface area contributed by atoms with E-state index in [2.05, 4.69) is 20.3 Å². The number of anilines is 1. The lowest BCUT2D eigenvalue weighted by Gasteiger charge is -2.22. The number of carbonyl (C=O) groups excluding carboxylic acids is 1. The normalized spacial score (nSPS) is 12.4. The van der Waals surface area contributed by atoms with Crippen molar-refractivity contribution in [3.8, 4) is 0 Å². The molecule has 0 aliphatic rings. The lowest BCUT2D eigenvalue weighted by Crippen LogP contribution is -2.32. The average molecular weight is 419 g/mol. The molecule has 1 aromatic carbocycles. The van der Waals surface area contributed by atoms with Crippen molar-refractivity contribution in [2.24, 2.45) is 0 Å². The zero-order chi connectivity index (χ0) is 21.9. The van der Waals surface area contributed by atoms with Crippen LogP contribution in [0.15, 0.2) is 48.8 Å². The summed E-state index contributed by atoms with van der Waals surface area (Å²) in [6.07, 6.45) is -2.31. The summed E-state index contributed by atoms with van der Waals surface area (Å²) in [4.78, 5) is 24.5. The van der Waals surface area contributed by atoms with Crippen LogP contribution in [0.1, 0.15) is 44.6 Å². The molecule has 2 aromatic heterocycles. The highest BCUT2D eigenvalue weighted by atomic mass is 19.4. The van der Waals surface area contributed by atoms with Crippen LogP contribution < -0.4 is 11.1 Å². The summed E-state index contributed by atoms with van der Waals surface area (Å²) in [5, 5.41) is 2.52. The maximum absolute atomic E-state index is 13.6. The standard InChI is InChI=1S/C20H17F4N5O/c1-11-27-10-14(18(25)28-11)19(30)29-16(13-6-4-12(9-21)5-7-13)17-15(20(22,23)24)3-2-8-26-17/h2-8,10,16H,9H2,1H3,(H,29,30)(H2,25,27,28)/t16-/m0/s1. The number of aromatic nitrogens is 3. The predicted octanol–water partition coefficient (Wildman–Crippen LogP) is 3.77. The topological polar surface area (TPSA) is 93.8 Å². The molecule has 0 bridgehead atoms. The van der Waals surface area contributed by atoms with Gasteiger partial charge in [-0.3, -0.25) is 9.78 Å². The summed E-state index contributed by atoms with van der Waals surface area (Å²) < 4.78 is 53.6. The number of benzene rings is 1. The minimum absolute atomic E-state index is 0.0875. The van der Waals surface area contributed by atoms with Crippen LogP contribution in [-0.2, 0) is 12.9 Å². The third-order valence-corrected chi connectivity index (χ3v) is 4.34. The fraction of sp³-hybridized carbons (Fsp3) is 0.200. The molecule has 0 saturated heterocycles. The van der Waals surface area contributed by atoms with E-state index in [9.17, 15) is 22.4 Å². The van der Waals surface area contributed by atoms with Gasteiger partial charge in [0.05, 0.1) is 22.9 Å². The molecule has 10 heteroatoms. The SMILES string of the molecule is Cc1ncc(C(=O)N[C@@H](c2ccc(CF)cc2)c2ncccc2C(F)(F)F)c(N)n1. The summed E-state index contributed by atoms with van der Waals surface area (Å²) in [6.45, 7) is 0.850. The van der Waals surface area contributed by atoms with Crippen LogP contribution in [0.25, 0.3) is 0 Å². The number of nitrogens with one attached hydrogen (secondary N) is 1. The van der Waals surface area contributed by atoms with Crippen LogP contribution in [0, 0.1) is 6.92 Å². The summed E-state index contributed by atoms with van der Waals surface area (Å²) in [6, 6.07) is 6.48. The Kier molecular flexibility index (Phi) is 5.95. The smallest absolute Gasteiger partial charge is 0.383 e. The van der Waals surface area contributed by atoms with E-state index in [0.717, 1.165) is 12.1 Å². The maximum Gasteiger partial charge on any atom is 0.418 e. The number of nitrogen functional groups attached to an aromatic ring is 1. The Morgan fingerprint density at radius 3 is 2.47 bits per heavy atom. The molecule has 0 radical (unpaired) electrons. The number of nitrogens with zero attached hydrogens (tertiary/aromatic N) is 3. The Morgan fingerprint density at radius 1 is 1.17 bits per heavy atom. The van der Waals surface area contributed by atoms with Crippen molar-refractivity contribution in [2.45, 2.75) is 25.8 Å². The van der Waals surface area contributed by atoms with E-state index in [1.165, 1.54) is 36.7 Å². The summed E-state index contributed by atoms with van der Waals surface area (Å²) in [7, 11) is 0. The zero-order valence-electron chi connectivity index (χ0n) is 15.7. The van der Waals surface area contributed by atoms with Crippen molar-refractivity contribution >= 4 is 11.7 Å². The largest absolute Gasteiger partial charge is 0.418 e. The van der Waals surface area contributed by atoms with Crippen LogP contribution in [0.3, 0.4) is 0 Å². The molecular weight excluding hydrogens is 402 g/mol. The van der Waals surface area contributed by atoms with Crippen LogP contribution in [0.2, 0.25) is 0 Å². The molecule has 0 aliphatic heterocycles. The zero-order valence-corrected chi connectivity index (χ0v) is 15.7. The van der Waals surface area contributed by atoms with Gasteiger partial charge in [-0.25, -0.2) is 14.4 Å². The van der Waals surface area contributed by atoms with Crippen LogP contribution >= 0.6 is 0 Å². The third kappa shape index (κ3) is 4.53. The van der Waals surface area contributed by atoms with E-state index in [1.807, 2.05) is 0 Å². The first-order chi connectivity index (χ1) is 14.2. The van der Waals surface area contributed by atoms with Crippen molar-refractivity contribution in [3.63, 3.8) is 0 Å². The van der Waals surface area contributed by atoms with Crippen molar-refractivity contribution in [1.82, 2.24) is 20.3 Å². The van der Waals surface area contributed by atoms with Gasteiger partial charge in [0, 0.05) is 12.4 Å². The molecule has 0 aliphatic carbocycles. The molecule has 0 fully saturated rings.